The fourth-order valence-corrected chi connectivity index (χ4v) is 2.54. The van der Waals surface area contributed by atoms with Crippen LogP contribution in [0.2, 0.25) is 5.15 Å². The van der Waals surface area contributed by atoms with Gasteiger partial charge in [-0.1, -0.05) is 24.4 Å². The minimum Gasteiger partial charge on any atom is -0.318 e. The SMILES string of the molecule is CNCCn1c(Cl)cnc1C1CCCC1. The van der Waals surface area contributed by atoms with Crippen molar-refractivity contribution in [2.24, 2.45) is 0 Å². The van der Waals surface area contributed by atoms with E-state index >= 15 is 0 Å². The molecular weight excluding hydrogens is 210 g/mol. The molecule has 1 saturated carbocycles. The maximum Gasteiger partial charge on any atom is 0.128 e. The number of hydrogen-bond acceptors (Lipinski definition) is 2. The molecule has 3 nitrogen and oxygen atoms in total. The van der Waals surface area contributed by atoms with Crippen molar-refractivity contribution in [3.05, 3.63) is 17.2 Å². The number of hydrogen-bond donors (Lipinski definition) is 1. The summed E-state index contributed by atoms with van der Waals surface area (Å²) in [6, 6.07) is 0. The molecule has 0 bridgehead atoms. The zero-order chi connectivity index (χ0) is 10.7. The van der Waals surface area contributed by atoms with E-state index in [1.54, 1.807) is 6.20 Å². The Morgan fingerprint density at radius 2 is 2.27 bits per heavy atom. The fourth-order valence-electron chi connectivity index (χ4n) is 2.32. The van der Waals surface area contributed by atoms with Gasteiger partial charge in [0.2, 0.25) is 0 Å². The summed E-state index contributed by atoms with van der Waals surface area (Å²) < 4.78 is 2.15. The molecule has 1 aromatic heterocycles. The Balaban J connectivity index is 2.14. The third kappa shape index (κ3) is 2.34. The van der Waals surface area contributed by atoms with Crippen molar-refractivity contribution in [3.8, 4) is 0 Å². The highest BCUT2D eigenvalue weighted by atomic mass is 35.5. The van der Waals surface area contributed by atoms with Gasteiger partial charge in [0.25, 0.3) is 0 Å². The van der Waals surface area contributed by atoms with Crippen LogP contribution in [0, 0.1) is 0 Å². The van der Waals surface area contributed by atoms with Gasteiger partial charge in [0.1, 0.15) is 11.0 Å². The number of rotatable bonds is 4. The van der Waals surface area contributed by atoms with Crippen LogP contribution in [0.3, 0.4) is 0 Å². The quantitative estimate of drug-likeness (QED) is 0.856. The van der Waals surface area contributed by atoms with Crippen LogP contribution in [0.25, 0.3) is 0 Å². The number of halogens is 1. The molecule has 0 aromatic carbocycles. The molecule has 1 aliphatic carbocycles. The molecule has 0 saturated heterocycles. The molecule has 2 rings (SSSR count). The number of likely N-dealkylation sites (N-methyl/N-ethyl adjacent to an activating group) is 1. The second kappa shape index (κ2) is 4.99. The summed E-state index contributed by atoms with van der Waals surface area (Å²) in [4.78, 5) is 4.45. The lowest BCUT2D eigenvalue weighted by Gasteiger charge is -2.13. The van der Waals surface area contributed by atoms with Gasteiger partial charge in [-0.05, 0) is 19.9 Å². The zero-order valence-corrected chi connectivity index (χ0v) is 9.93. The van der Waals surface area contributed by atoms with E-state index in [-0.39, 0.29) is 0 Å². The van der Waals surface area contributed by atoms with Crippen LogP contribution in [0.4, 0.5) is 0 Å². The topological polar surface area (TPSA) is 29.9 Å². The summed E-state index contributed by atoms with van der Waals surface area (Å²) in [7, 11) is 1.96. The van der Waals surface area contributed by atoms with Crippen LogP contribution in [0.5, 0.6) is 0 Å². The molecule has 1 aliphatic rings. The van der Waals surface area contributed by atoms with Gasteiger partial charge in [0, 0.05) is 19.0 Å². The Kier molecular flexibility index (Phi) is 3.65. The van der Waals surface area contributed by atoms with Gasteiger partial charge in [-0.15, -0.1) is 0 Å². The predicted octanol–water partition coefficient (Wildman–Crippen LogP) is 2.41. The first-order valence-corrected chi connectivity index (χ1v) is 6.06. The molecule has 0 radical (unpaired) electrons. The van der Waals surface area contributed by atoms with Gasteiger partial charge in [0.15, 0.2) is 0 Å². The molecule has 1 heterocycles. The van der Waals surface area contributed by atoms with Crippen molar-refractivity contribution in [2.75, 3.05) is 13.6 Å². The van der Waals surface area contributed by atoms with Gasteiger partial charge < -0.3 is 9.88 Å². The maximum atomic E-state index is 6.13. The highest BCUT2D eigenvalue weighted by Gasteiger charge is 2.22. The van der Waals surface area contributed by atoms with E-state index < -0.39 is 0 Å². The first kappa shape index (κ1) is 11.0. The summed E-state index contributed by atoms with van der Waals surface area (Å²) >= 11 is 6.13. The van der Waals surface area contributed by atoms with Crippen LogP contribution >= 0.6 is 11.6 Å². The molecule has 0 amide bonds. The summed E-state index contributed by atoms with van der Waals surface area (Å²) in [6.45, 7) is 1.86. The molecule has 15 heavy (non-hydrogen) atoms. The molecule has 84 valence electrons. The number of imidazole rings is 1. The number of nitrogens with one attached hydrogen (secondary N) is 1. The van der Waals surface area contributed by atoms with Gasteiger partial charge in [-0.25, -0.2) is 4.98 Å². The lowest BCUT2D eigenvalue weighted by atomic mass is 10.1. The highest BCUT2D eigenvalue weighted by molar-refractivity contribution is 6.29. The fraction of sp³-hybridized carbons (Fsp3) is 0.727. The van der Waals surface area contributed by atoms with E-state index in [1.807, 2.05) is 7.05 Å². The van der Waals surface area contributed by atoms with Crippen LogP contribution < -0.4 is 5.32 Å². The van der Waals surface area contributed by atoms with Crippen molar-refractivity contribution in [3.63, 3.8) is 0 Å². The van der Waals surface area contributed by atoms with E-state index in [2.05, 4.69) is 14.9 Å². The Labute approximate surface area is 95.8 Å². The normalized spacial score (nSPS) is 17.5. The van der Waals surface area contributed by atoms with E-state index in [1.165, 1.54) is 31.5 Å². The van der Waals surface area contributed by atoms with Crippen molar-refractivity contribution >= 4 is 11.6 Å². The zero-order valence-electron chi connectivity index (χ0n) is 9.17. The largest absolute Gasteiger partial charge is 0.318 e. The van der Waals surface area contributed by atoms with Crippen molar-refractivity contribution in [1.82, 2.24) is 14.9 Å². The van der Waals surface area contributed by atoms with Crippen molar-refractivity contribution < 1.29 is 0 Å². The van der Waals surface area contributed by atoms with Crippen molar-refractivity contribution in [2.45, 2.75) is 38.1 Å². The standard InChI is InChI=1S/C11H18ClN3/c1-13-6-7-15-10(12)8-14-11(15)9-4-2-3-5-9/h8-9,13H,2-7H2,1H3. The van der Waals surface area contributed by atoms with Crippen LogP contribution in [0.15, 0.2) is 6.20 Å². The molecule has 0 spiro atoms. The van der Waals surface area contributed by atoms with Crippen LogP contribution in [0.1, 0.15) is 37.4 Å². The Morgan fingerprint density at radius 1 is 1.53 bits per heavy atom. The highest BCUT2D eigenvalue weighted by Crippen LogP contribution is 2.34. The summed E-state index contributed by atoms with van der Waals surface area (Å²) in [5.41, 5.74) is 0. The molecule has 0 unspecified atom stereocenters. The number of nitrogens with zero attached hydrogens (tertiary/aromatic N) is 2. The van der Waals surface area contributed by atoms with Gasteiger partial charge >= 0.3 is 0 Å². The second-order valence-electron chi connectivity index (χ2n) is 4.18. The third-order valence-electron chi connectivity index (χ3n) is 3.14. The van der Waals surface area contributed by atoms with Gasteiger partial charge in [0.05, 0.1) is 6.20 Å². The maximum absolute atomic E-state index is 6.13. The molecule has 1 fully saturated rings. The first-order valence-electron chi connectivity index (χ1n) is 5.68. The average Bonchev–Trinajstić information content (AvgIpc) is 2.84. The Morgan fingerprint density at radius 3 is 2.93 bits per heavy atom. The molecule has 0 aliphatic heterocycles. The summed E-state index contributed by atoms with van der Waals surface area (Å²) in [6.07, 6.45) is 6.99. The minimum atomic E-state index is 0.634. The molecule has 1 aromatic rings. The average molecular weight is 228 g/mol. The third-order valence-corrected chi connectivity index (χ3v) is 3.45. The summed E-state index contributed by atoms with van der Waals surface area (Å²) in [5, 5.41) is 3.91. The van der Waals surface area contributed by atoms with Crippen LogP contribution in [-0.4, -0.2) is 23.1 Å². The predicted molar refractivity (Wildman–Crippen MR) is 62.4 cm³/mol. The van der Waals surface area contributed by atoms with E-state index in [0.29, 0.717) is 5.92 Å². The van der Waals surface area contributed by atoms with Gasteiger partial charge in [-0.3, -0.25) is 0 Å². The Hall–Kier alpha value is -0.540. The Bertz CT molecular complexity index is 316. The monoisotopic (exact) mass is 227 g/mol. The minimum absolute atomic E-state index is 0.634. The molecule has 0 atom stereocenters. The molecule has 1 N–H and O–H groups in total. The van der Waals surface area contributed by atoms with E-state index in [0.717, 1.165) is 18.2 Å². The van der Waals surface area contributed by atoms with Gasteiger partial charge in [-0.2, -0.15) is 0 Å². The molecular formula is C11H18ClN3. The van der Waals surface area contributed by atoms with E-state index in [9.17, 15) is 0 Å². The molecule has 4 heteroatoms. The lowest BCUT2D eigenvalue weighted by Crippen LogP contribution is -2.17. The first-order chi connectivity index (χ1) is 7.33. The summed E-state index contributed by atoms with van der Waals surface area (Å²) in [5.74, 6) is 1.82. The van der Waals surface area contributed by atoms with Crippen molar-refractivity contribution in [1.29, 1.82) is 0 Å². The smallest absolute Gasteiger partial charge is 0.128 e. The lowest BCUT2D eigenvalue weighted by molar-refractivity contribution is 0.566. The van der Waals surface area contributed by atoms with Crippen LogP contribution in [-0.2, 0) is 6.54 Å². The van der Waals surface area contributed by atoms with E-state index in [4.69, 9.17) is 11.6 Å². The second-order valence-corrected chi connectivity index (χ2v) is 4.56. The number of aromatic nitrogens is 2.